The number of rotatable bonds is 7. The van der Waals surface area contributed by atoms with Crippen molar-refractivity contribution < 1.29 is 9.53 Å². The van der Waals surface area contributed by atoms with Crippen LogP contribution in [-0.4, -0.2) is 18.6 Å². The monoisotopic (exact) mass is 304 g/mol. The fraction of sp³-hybridized carbons (Fsp3) is 0.462. The van der Waals surface area contributed by atoms with E-state index in [9.17, 15) is 4.79 Å². The van der Waals surface area contributed by atoms with Crippen molar-refractivity contribution in [3.63, 3.8) is 0 Å². The first-order valence-electron chi connectivity index (χ1n) is 6.14. The van der Waals surface area contributed by atoms with Crippen LogP contribution in [0.25, 0.3) is 0 Å². The Kier molecular flexibility index (Phi) is 6.42. The van der Waals surface area contributed by atoms with Gasteiger partial charge in [-0.05, 0) is 25.1 Å². The first-order chi connectivity index (χ1) is 8.99. The highest BCUT2D eigenvalue weighted by atomic mass is 35.5. The minimum absolute atomic E-state index is 0.375. The fourth-order valence-electron chi connectivity index (χ4n) is 1.62. The predicted octanol–water partition coefficient (Wildman–Crippen LogP) is 2.75. The summed E-state index contributed by atoms with van der Waals surface area (Å²) in [5.41, 5.74) is 6.08. The zero-order valence-electron chi connectivity index (χ0n) is 11.0. The lowest BCUT2D eigenvalue weighted by molar-refractivity contribution is -0.124. The minimum atomic E-state index is -0.695. The first kappa shape index (κ1) is 16.1. The summed E-state index contributed by atoms with van der Waals surface area (Å²) in [7, 11) is 0. The van der Waals surface area contributed by atoms with Gasteiger partial charge in [-0.25, -0.2) is 0 Å². The van der Waals surface area contributed by atoms with Crippen molar-refractivity contribution in [1.29, 1.82) is 0 Å². The Hall–Kier alpha value is -0.970. The van der Waals surface area contributed by atoms with Crippen molar-refractivity contribution >= 4 is 29.1 Å². The summed E-state index contributed by atoms with van der Waals surface area (Å²) in [6.07, 6.45) is -0.214. The molecule has 19 heavy (non-hydrogen) atoms. The third-order valence-corrected chi connectivity index (χ3v) is 3.10. The van der Waals surface area contributed by atoms with Crippen molar-refractivity contribution in [2.24, 2.45) is 5.73 Å². The Morgan fingerprint density at radius 3 is 2.63 bits per heavy atom. The van der Waals surface area contributed by atoms with E-state index in [1.165, 1.54) is 0 Å². The van der Waals surface area contributed by atoms with Gasteiger partial charge in [0.1, 0.15) is 5.75 Å². The maximum atomic E-state index is 11.3. The van der Waals surface area contributed by atoms with Crippen molar-refractivity contribution in [3.05, 3.63) is 27.7 Å². The van der Waals surface area contributed by atoms with Gasteiger partial charge in [-0.15, -0.1) is 0 Å². The van der Waals surface area contributed by atoms with E-state index in [1.54, 1.807) is 12.1 Å². The van der Waals surface area contributed by atoms with Crippen molar-refractivity contribution in [3.8, 4) is 5.75 Å². The van der Waals surface area contributed by atoms with Crippen LogP contribution in [0.3, 0.4) is 0 Å². The van der Waals surface area contributed by atoms with Gasteiger partial charge in [-0.1, -0.05) is 37.0 Å². The number of carbonyl (C=O) groups is 1. The molecule has 0 aliphatic heterocycles. The number of ether oxygens (including phenoxy) is 1. The molecule has 0 fully saturated rings. The molecule has 0 aliphatic rings. The summed E-state index contributed by atoms with van der Waals surface area (Å²) >= 11 is 12.1. The van der Waals surface area contributed by atoms with Crippen LogP contribution in [0.4, 0.5) is 0 Å². The van der Waals surface area contributed by atoms with Crippen molar-refractivity contribution in [2.45, 2.75) is 32.9 Å². The Balaban J connectivity index is 3.05. The predicted molar refractivity (Wildman–Crippen MR) is 77.7 cm³/mol. The number of hydrogen-bond donors (Lipinski definition) is 2. The molecule has 4 nitrogen and oxygen atoms in total. The average Bonchev–Trinajstić information content (AvgIpc) is 2.34. The first-order valence-corrected chi connectivity index (χ1v) is 6.89. The molecule has 0 radical (unpaired) electrons. The number of halogens is 2. The summed E-state index contributed by atoms with van der Waals surface area (Å²) in [4.78, 5) is 11.3. The summed E-state index contributed by atoms with van der Waals surface area (Å²) < 4.78 is 5.63. The quantitative estimate of drug-likeness (QED) is 0.814. The van der Waals surface area contributed by atoms with Gasteiger partial charge in [0, 0.05) is 17.1 Å². The molecule has 0 heterocycles. The Bertz CT molecular complexity index is 453. The SMILES string of the molecule is CCNCc1cc(Cl)cc(Cl)c1OC(CC)C(N)=O. The molecule has 3 N–H and O–H groups in total. The molecular weight excluding hydrogens is 287 g/mol. The van der Waals surface area contributed by atoms with E-state index in [0.29, 0.717) is 28.8 Å². The molecule has 0 bridgehead atoms. The molecule has 0 saturated carbocycles. The maximum Gasteiger partial charge on any atom is 0.258 e. The molecule has 106 valence electrons. The van der Waals surface area contributed by atoms with Crippen LogP contribution in [0.2, 0.25) is 10.0 Å². The third-order valence-electron chi connectivity index (χ3n) is 2.60. The molecule has 1 aromatic rings. The molecule has 1 rings (SSSR count). The van der Waals surface area contributed by atoms with E-state index >= 15 is 0 Å². The van der Waals surface area contributed by atoms with E-state index in [0.717, 1.165) is 12.1 Å². The molecule has 0 aliphatic carbocycles. The van der Waals surface area contributed by atoms with Crippen LogP contribution in [0.5, 0.6) is 5.75 Å². The number of carbonyl (C=O) groups excluding carboxylic acids is 1. The van der Waals surface area contributed by atoms with Crippen LogP contribution < -0.4 is 15.8 Å². The Morgan fingerprint density at radius 1 is 1.42 bits per heavy atom. The van der Waals surface area contributed by atoms with Gasteiger partial charge in [-0.2, -0.15) is 0 Å². The second kappa shape index (κ2) is 7.58. The molecule has 1 amide bonds. The smallest absolute Gasteiger partial charge is 0.258 e. The third kappa shape index (κ3) is 4.56. The number of primary amides is 1. The molecule has 6 heteroatoms. The van der Waals surface area contributed by atoms with Gasteiger partial charge in [0.25, 0.3) is 5.91 Å². The largest absolute Gasteiger partial charge is 0.479 e. The van der Waals surface area contributed by atoms with Crippen LogP contribution in [0.1, 0.15) is 25.8 Å². The molecule has 0 saturated heterocycles. The topological polar surface area (TPSA) is 64.3 Å². The number of hydrogen-bond acceptors (Lipinski definition) is 3. The lowest BCUT2D eigenvalue weighted by atomic mass is 10.2. The molecule has 1 aromatic carbocycles. The maximum absolute atomic E-state index is 11.3. The van der Waals surface area contributed by atoms with Crippen molar-refractivity contribution in [2.75, 3.05) is 6.54 Å². The highest BCUT2D eigenvalue weighted by Crippen LogP contribution is 2.33. The van der Waals surface area contributed by atoms with E-state index in [1.807, 2.05) is 13.8 Å². The molecule has 1 unspecified atom stereocenters. The number of nitrogens with one attached hydrogen (secondary N) is 1. The number of amides is 1. The number of nitrogens with two attached hydrogens (primary N) is 1. The Morgan fingerprint density at radius 2 is 2.11 bits per heavy atom. The van der Waals surface area contributed by atoms with Gasteiger partial charge in [0.2, 0.25) is 0 Å². The highest BCUT2D eigenvalue weighted by Gasteiger charge is 2.19. The van der Waals surface area contributed by atoms with Crippen LogP contribution in [-0.2, 0) is 11.3 Å². The van der Waals surface area contributed by atoms with Gasteiger partial charge < -0.3 is 15.8 Å². The lowest BCUT2D eigenvalue weighted by Gasteiger charge is -2.19. The van der Waals surface area contributed by atoms with E-state index in [2.05, 4.69) is 5.32 Å². The normalized spacial score (nSPS) is 12.2. The summed E-state index contributed by atoms with van der Waals surface area (Å²) in [5, 5.41) is 4.07. The van der Waals surface area contributed by atoms with Gasteiger partial charge >= 0.3 is 0 Å². The standard InChI is InChI=1S/C13H18Cl2N2O2/c1-3-11(13(16)18)19-12-8(7-17-4-2)5-9(14)6-10(12)15/h5-6,11,17H,3-4,7H2,1-2H3,(H2,16,18). The average molecular weight is 305 g/mol. The van der Waals surface area contributed by atoms with Gasteiger partial charge in [0.05, 0.1) is 5.02 Å². The second-order valence-electron chi connectivity index (χ2n) is 4.07. The van der Waals surface area contributed by atoms with E-state index < -0.39 is 12.0 Å². The van der Waals surface area contributed by atoms with Crippen LogP contribution in [0.15, 0.2) is 12.1 Å². The summed E-state index contributed by atoms with van der Waals surface area (Å²) in [6.45, 7) is 5.17. The van der Waals surface area contributed by atoms with E-state index in [-0.39, 0.29) is 0 Å². The summed E-state index contributed by atoms with van der Waals surface area (Å²) in [5.74, 6) is -0.0550. The minimum Gasteiger partial charge on any atom is -0.479 e. The second-order valence-corrected chi connectivity index (χ2v) is 4.92. The Labute approximate surface area is 123 Å². The van der Waals surface area contributed by atoms with E-state index in [4.69, 9.17) is 33.7 Å². The van der Waals surface area contributed by atoms with Gasteiger partial charge in [0.15, 0.2) is 6.10 Å². The lowest BCUT2D eigenvalue weighted by Crippen LogP contribution is -2.33. The zero-order valence-corrected chi connectivity index (χ0v) is 12.5. The molecule has 1 atom stereocenters. The summed E-state index contributed by atoms with van der Waals surface area (Å²) in [6, 6.07) is 3.35. The zero-order chi connectivity index (χ0) is 14.4. The molecular formula is C13H18Cl2N2O2. The van der Waals surface area contributed by atoms with Crippen molar-refractivity contribution in [1.82, 2.24) is 5.32 Å². The fourth-order valence-corrected chi connectivity index (χ4v) is 2.20. The van der Waals surface area contributed by atoms with Crippen LogP contribution >= 0.6 is 23.2 Å². The van der Waals surface area contributed by atoms with Crippen LogP contribution in [0, 0.1) is 0 Å². The molecule has 0 spiro atoms. The number of benzene rings is 1. The molecule has 0 aromatic heterocycles. The van der Waals surface area contributed by atoms with Gasteiger partial charge in [-0.3, -0.25) is 4.79 Å². The highest BCUT2D eigenvalue weighted by molar-refractivity contribution is 6.35.